The zero-order valence-corrected chi connectivity index (χ0v) is 9.75. The molecule has 86 valence electrons. The Morgan fingerprint density at radius 2 is 2.13 bits per heavy atom. The van der Waals surface area contributed by atoms with E-state index in [-0.39, 0.29) is 24.0 Å². The fraction of sp³-hybridized carbons (Fsp3) is 0.667. The second kappa shape index (κ2) is 7.28. The van der Waals surface area contributed by atoms with Gasteiger partial charge in [-0.25, -0.2) is 0 Å². The van der Waals surface area contributed by atoms with Gasteiger partial charge in [-0.2, -0.15) is 11.8 Å². The molecular weight excluding hydrogens is 216 g/mol. The predicted octanol–water partition coefficient (Wildman–Crippen LogP) is -0.359. The second-order valence-electron chi connectivity index (χ2n) is 3.10. The van der Waals surface area contributed by atoms with Crippen molar-refractivity contribution >= 4 is 29.9 Å². The molecule has 0 saturated carbocycles. The maximum Gasteiger partial charge on any atom is 0.235 e. The Labute approximate surface area is 93.4 Å². The molecule has 6 heteroatoms. The smallest absolute Gasteiger partial charge is 0.235 e. The molecule has 0 fully saturated rings. The van der Waals surface area contributed by atoms with Crippen molar-refractivity contribution in [2.75, 3.05) is 19.8 Å². The summed E-state index contributed by atoms with van der Waals surface area (Å²) in [7, 11) is 1.60. The van der Waals surface area contributed by atoms with Crippen LogP contribution < -0.4 is 5.73 Å². The van der Waals surface area contributed by atoms with Crippen LogP contribution in [0.5, 0.6) is 0 Å². The number of primary amides is 1. The first-order valence-electron chi connectivity index (χ1n) is 4.52. The van der Waals surface area contributed by atoms with Gasteiger partial charge in [0.05, 0.1) is 5.25 Å². The van der Waals surface area contributed by atoms with Gasteiger partial charge in [0.2, 0.25) is 11.8 Å². The number of carbonyl (C=O) groups excluding carboxylic acids is 3. The standard InChI is InChI=1S/C9H16N2O3S/c1-11(5-3-8(10)13)9(14)7(15-2)4-6-12/h6-7H,3-5H2,1-2H3,(H2,10,13). The Bertz CT molecular complexity index is 246. The molecule has 0 bridgehead atoms. The first-order chi connectivity index (χ1) is 7.02. The van der Waals surface area contributed by atoms with E-state index in [1.807, 2.05) is 0 Å². The normalized spacial score (nSPS) is 11.9. The van der Waals surface area contributed by atoms with Crippen molar-refractivity contribution < 1.29 is 14.4 Å². The molecule has 2 N–H and O–H groups in total. The van der Waals surface area contributed by atoms with E-state index in [4.69, 9.17) is 5.73 Å². The Hall–Kier alpha value is -1.04. The van der Waals surface area contributed by atoms with E-state index in [1.165, 1.54) is 16.7 Å². The molecule has 0 aliphatic heterocycles. The van der Waals surface area contributed by atoms with Gasteiger partial charge in [0.1, 0.15) is 6.29 Å². The number of nitrogens with zero attached hydrogens (tertiary/aromatic N) is 1. The van der Waals surface area contributed by atoms with Gasteiger partial charge in [-0.1, -0.05) is 0 Å². The number of nitrogens with two attached hydrogens (primary N) is 1. The minimum Gasteiger partial charge on any atom is -0.370 e. The minimum absolute atomic E-state index is 0.143. The molecule has 15 heavy (non-hydrogen) atoms. The van der Waals surface area contributed by atoms with Crippen LogP contribution in [0, 0.1) is 0 Å². The Morgan fingerprint density at radius 1 is 1.53 bits per heavy atom. The molecule has 0 aromatic carbocycles. The van der Waals surface area contributed by atoms with Gasteiger partial charge in [0, 0.05) is 26.4 Å². The lowest BCUT2D eigenvalue weighted by atomic mass is 10.2. The lowest BCUT2D eigenvalue weighted by molar-refractivity contribution is -0.130. The molecule has 0 aliphatic rings. The maximum atomic E-state index is 11.7. The first kappa shape index (κ1) is 14.0. The Kier molecular flexibility index (Phi) is 6.77. The average molecular weight is 232 g/mol. The monoisotopic (exact) mass is 232 g/mol. The van der Waals surface area contributed by atoms with Gasteiger partial charge < -0.3 is 15.4 Å². The molecule has 0 radical (unpaired) electrons. The molecule has 1 unspecified atom stereocenters. The highest BCUT2D eigenvalue weighted by Gasteiger charge is 2.20. The number of hydrogen-bond donors (Lipinski definition) is 1. The van der Waals surface area contributed by atoms with Crippen molar-refractivity contribution in [1.29, 1.82) is 0 Å². The van der Waals surface area contributed by atoms with Gasteiger partial charge >= 0.3 is 0 Å². The molecule has 5 nitrogen and oxygen atoms in total. The molecule has 2 amide bonds. The molecule has 0 heterocycles. The average Bonchev–Trinajstić information content (AvgIpc) is 2.21. The van der Waals surface area contributed by atoms with E-state index in [2.05, 4.69) is 0 Å². The SMILES string of the molecule is CSC(CC=O)C(=O)N(C)CCC(N)=O. The number of thioether (sulfide) groups is 1. The van der Waals surface area contributed by atoms with E-state index in [1.54, 1.807) is 13.3 Å². The third-order valence-electron chi connectivity index (χ3n) is 1.94. The minimum atomic E-state index is -0.439. The third kappa shape index (κ3) is 5.41. The van der Waals surface area contributed by atoms with E-state index in [9.17, 15) is 14.4 Å². The molecular formula is C9H16N2O3S. The van der Waals surface area contributed by atoms with Gasteiger partial charge in [0.15, 0.2) is 0 Å². The maximum absolute atomic E-state index is 11.7. The molecule has 1 atom stereocenters. The zero-order valence-electron chi connectivity index (χ0n) is 8.93. The van der Waals surface area contributed by atoms with E-state index < -0.39 is 5.91 Å². The number of aldehydes is 1. The molecule has 0 rings (SSSR count). The lowest BCUT2D eigenvalue weighted by Gasteiger charge is -2.20. The van der Waals surface area contributed by atoms with Crippen molar-refractivity contribution in [3.63, 3.8) is 0 Å². The zero-order chi connectivity index (χ0) is 11.8. The summed E-state index contributed by atoms with van der Waals surface area (Å²) in [6.45, 7) is 0.296. The van der Waals surface area contributed by atoms with Crippen LogP contribution in [0.4, 0.5) is 0 Å². The highest BCUT2D eigenvalue weighted by atomic mass is 32.2. The molecule has 0 aliphatic carbocycles. The molecule has 0 saturated heterocycles. The highest BCUT2D eigenvalue weighted by molar-refractivity contribution is 7.99. The van der Waals surface area contributed by atoms with E-state index in [0.717, 1.165) is 6.29 Å². The van der Waals surface area contributed by atoms with Gasteiger partial charge in [0.25, 0.3) is 0 Å². The fourth-order valence-corrected chi connectivity index (χ4v) is 1.67. The number of hydrogen-bond acceptors (Lipinski definition) is 4. The van der Waals surface area contributed by atoms with Crippen LogP contribution in [0.3, 0.4) is 0 Å². The van der Waals surface area contributed by atoms with Gasteiger partial charge in [-0.3, -0.25) is 9.59 Å². The van der Waals surface area contributed by atoms with Crippen molar-refractivity contribution in [3.05, 3.63) is 0 Å². The Morgan fingerprint density at radius 3 is 2.53 bits per heavy atom. The van der Waals surface area contributed by atoms with E-state index in [0.29, 0.717) is 6.54 Å². The summed E-state index contributed by atoms with van der Waals surface area (Å²) < 4.78 is 0. The van der Waals surface area contributed by atoms with Gasteiger partial charge in [-0.15, -0.1) is 0 Å². The molecule has 0 aromatic rings. The predicted molar refractivity (Wildman–Crippen MR) is 59.4 cm³/mol. The van der Waals surface area contributed by atoms with Crippen LogP contribution in [0.1, 0.15) is 12.8 Å². The quantitative estimate of drug-likeness (QED) is 0.608. The summed E-state index contributed by atoms with van der Waals surface area (Å²) in [6.07, 6.45) is 2.83. The topological polar surface area (TPSA) is 80.5 Å². The number of amides is 2. The van der Waals surface area contributed by atoms with Crippen LogP contribution in [0.2, 0.25) is 0 Å². The Balaban J connectivity index is 4.15. The molecule has 0 aromatic heterocycles. The van der Waals surface area contributed by atoms with Crippen molar-refractivity contribution in [2.24, 2.45) is 5.73 Å². The number of rotatable bonds is 7. The lowest BCUT2D eigenvalue weighted by Crippen LogP contribution is -2.36. The summed E-state index contributed by atoms with van der Waals surface area (Å²) in [5.74, 6) is -0.582. The largest absolute Gasteiger partial charge is 0.370 e. The van der Waals surface area contributed by atoms with Crippen LogP contribution in [0.15, 0.2) is 0 Å². The van der Waals surface area contributed by atoms with Crippen molar-refractivity contribution in [3.8, 4) is 0 Å². The number of carbonyl (C=O) groups is 3. The summed E-state index contributed by atoms with van der Waals surface area (Å²) in [5, 5.41) is -0.361. The van der Waals surface area contributed by atoms with Crippen LogP contribution in [-0.4, -0.2) is 48.1 Å². The second-order valence-corrected chi connectivity index (χ2v) is 4.14. The summed E-state index contributed by atoms with van der Waals surface area (Å²) in [5.41, 5.74) is 4.97. The summed E-state index contributed by atoms with van der Waals surface area (Å²) >= 11 is 1.33. The summed E-state index contributed by atoms with van der Waals surface area (Å²) in [4.78, 5) is 33.9. The molecule has 0 spiro atoms. The summed E-state index contributed by atoms with van der Waals surface area (Å²) in [6, 6.07) is 0. The van der Waals surface area contributed by atoms with Crippen LogP contribution >= 0.6 is 11.8 Å². The highest BCUT2D eigenvalue weighted by Crippen LogP contribution is 2.12. The van der Waals surface area contributed by atoms with Gasteiger partial charge in [-0.05, 0) is 6.26 Å². The van der Waals surface area contributed by atoms with Crippen LogP contribution in [0.25, 0.3) is 0 Å². The first-order valence-corrected chi connectivity index (χ1v) is 5.81. The van der Waals surface area contributed by atoms with E-state index >= 15 is 0 Å². The fourth-order valence-electron chi connectivity index (χ4n) is 1.02. The van der Waals surface area contributed by atoms with Crippen LogP contribution in [-0.2, 0) is 14.4 Å². The van der Waals surface area contributed by atoms with Crippen molar-refractivity contribution in [2.45, 2.75) is 18.1 Å². The third-order valence-corrected chi connectivity index (χ3v) is 2.90. The van der Waals surface area contributed by atoms with Crippen molar-refractivity contribution in [1.82, 2.24) is 4.90 Å².